The molecule has 0 amide bonds. The van der Waals surface area contributed by atoms with Gasteiger partial charge in [0.1, 0.15) is 5.75 Å². The zero-order chi connectivity index (χ0) is 13.1. The number of benzene rings is 1. The summed E-state index contributed by atoms with van der Waals surface area (Å²) in [4.78, 5) is 0. The molecule has 1 aromatic rings. The van der Waals surface area contributed by atoms with E-state index in [-0.39, 0.29) is 0 Å². The van der Waals surface area contributed by atoms with Crippen LogP contribution in [0.3, 0.4) is 0 Å². The van der Waals surface area contributed by atoms with Gasteiger partial charge in [0.25, 0.3) is 0 Å². The smallest absolute Gasteiger partial charge is 0.125 e. The summed E-state index contributed by atoms with van der Waals surface area (Å²) < 4.78 is 5.98. The van der Waals surface area contributed by atoms with E-state index in [1.165, 1.54) is 23.1 Å². The summed E-state index contributed by atoms with van der Waals surface area (Å²) in [5, 5.41) is 0. The zero-order valence-electron chi connectivity index (χ0n) is 11.8. The maximum Gasteiger partial charge on any atom is 0.125 e. The molecule has 1 heterocycles. The molecule has 1 aromatic carbocycles. The van der Waals surface area contributed by atoms with Crippen LogP contribution in [-0.2, 0) is 0 Å². The maximum atomic E-state index is 5.98. The van der Waals surface area contributed by atoms with Crippen LogP contribution in [0.15, 0.2) is 12.1 Å². The van der Waals surface area contributed by atoms with Crippen molar-refractivity contribution in [2.75, 3.05) is 6.61 Å². The Kier molecular flexibility index (Phi) is 4.25. The average molecular weight is 248 g/mol. The van der Waals surface area contributed by atoms with Crippen molar-refractivity contribution in [3.05, 3.63) is 28.8 Å². The fourth-order valence-corrected chi connectivity index (χ4v) is 2.45. The second-order valence-corrected chi connectivity index (χ2v) is 5.41. The summed E-state index contributed by atoms with van der Waals surface area (Å²) in [5.74, 6) is 1.06. The van der Waals surface area contributed by atoms with E-state index in [1.807, 2.05) is 0 Å². The minimum absolute atomic E-state index is 0.533. The Bertz CT molecular complexity index is 417. The fraction of sp³-hybridized carbons (Fsp3) is 0.600. The van der Waals surface area contributed by atoms with Crippen molar-refractivity contribution in [3.8, 4) is 5.75 Å². The topological polar surface area (TPSA) is 33.3 Å². The molecule has 1 saturated heterocycles. The molecule has 1 aliphatic rings. The van der Waals surface area contributed by atoms with Crippen molar-refractivity contribution in [2.45, 2.75) is 52.6 Å². The van der Waals surface area contributed by atoms with Gasteiger partial charge >= 0.3 is 0 Å². The SMILES string of the molecule is Cc1ccc(C)c(OCCC2CC(C)NN2)c1C. The van der Waals surface area contributed by atoms with Crippen molar-refractivity contribution in [1.82, 2.24) is 10.9 Å². The molecule has 1 aliphatic heterocycles. The van der Waals surface area contributed by atoms with Crippen molar-refractivity contribution in [3.63, 3.8) is 0 Å². The lowest BCUT2D eigenvalue weighted by atomic mass is 10.1. The molecule has 0 aliphatic carbocycles. The second kappa shape index (κ2) is 5.72. The van der Waals surface area contributed by atoms with Crippen LogP contribution in [0.25, 0.3) is 0 Å². The minimum atomic E-state index is 0.533. The monoisotopic (exact) mass is 248 g/mol. The predicted molar refractivity (Wildman–Crippen MR) is 74.9 cm³/mol. The van der Waals surface area contributed by atoms with Gasteiger partial charge in [0, 0.05) is 12.1 Å². The first-order valence-electron chi connectivity index (χ1n) is 6.78. The minimum Gasteiger partial charge on any atom is -0.493 e. The van der Waals surface area contributed by atoms with Crippen molar-refractivity contribution in [2.24, 2.45) is 0 Å². The van der Waals surface area contributed by atoms with Crippen LogP contribution < -0.4 is 15.6 Å². The second-order valence-electron chi connectivity index (χ2n) is 5.41. The largest absolute Gasteiger partial charge is 0.493 e. The highest BCUT2D eigenvalue weighted by atomic mass is 16.5. The van der Waals surface area contributed by atoms with E-state index in [4.69, 9.17) is 4.74 Å². The highest BCUT2D eigenvalue weighted by Gasteiger charge is 2.19. The molecule has 0 spiro atoms. The third kappa shape index (κ3) is 3.03. The lowest BCUT2D eigenvalue weighted by molar-refractivity contribution is 0.286. The lowest BCUT2D eigenvalue weighted by Gasteiger charge is -2.15. The molecule has 3 nitrogen and oxygen atoms in total. The highest BCUT2D eigenvalue weighted by Crippen LogP contribution is 2.26. The van der Waals surface area contributed by atoms with Gasteiger partial charge in [-0.2, -0.15) is 0 Å². The number of hydrogen-bond donors (Lipinski definition) is 2. The predicted octanol–water partition coefficient (Wildman–Crippen LogP) is 2.64. The van der Waals surface area contributed by atoms with Crippen molar-refractivity contribution in [1.29, 1.82) is 0 Å². The number of aryl methyl sites for hydroxylation is 2. The molecule has 100 valence electrons. The first-order chi connectivity index (χ1) is 8.58. The molecule has 2 rings (SSSR count). The van der Waals surface area contributed by atoms with Crippen LogP contribution in [0.5, 0.6) is 5.75 Å². The number of rotatable bonds is 4. The lowest BCUT2D eigenvalue weighted by Crippen LogP contribution is -2.33. The summed E-state index contributed by atoms with van der Waals surface area (Å²) in [6.45, 7) is 9.35. The molecule has 1 fully saturated rings. The fourth-order valence-electron chi connectivity index (χ4n) is 2.45. The quantitative estimate of drug-likeness (QED) is 0.859. The third-order valence-corrected chi connectivity index (χ3v) is 3.76. The molecule has 2 atom stereocenters. The van der Waals surface area contributed by atoms with Crippen LogP contribution >= 0.6 is 0 Å². The van der Waals surface area contributed by atoms with E-state index in [2.05, 4.69) is 50.7 Å². The molecular weight excluding hydrogens is 224 g/mol. The molecule has 2 unspecified atom stereocenters. The summed E-state index contributed by atoms with van der Waals surface area (Å²) >= 11 is 0. The molecule has 0 bridgehead atoms. The van der Waals surface area contributed by atoms with E-state index in [0.717, 1.165) is 18.8 Å². The molecule has 18 heavy (non-hydrogen) atoms. The van der Waals surface area contributed by atoms with Gasteiger partial charge in [-0.1, -0.05) is 12.1 Å². The van der Waals surface area contributed by atoms with Crippen LogP contribution in [0.1, 0.15) is 36.5 Å². The Hall–Kier alpha value is -1.06. The number of nitrogens with one attached hydrogen (secondary N) is 2. The van der Waals surface area contributed by atoms with Gasteiger partial charge in [-0.25, -0.2) is 0 Å². The van der Waals surface area contributed by atoms with E-state index >= 15 is 0 Å². The van der Waals surface area contributed by atoms with Gasteiger partial charge in [0.2, 0.25) is 0 Å². The van der Waals surface area contributed by atoms with Gasteiger partial charge in [-0.15, -0.1) is 0 Å². The van der Waals surface area contributed by atoms with E-state index in [0.29, 0.717) is 12.1 Å². The van der Waals surface area contributed by atoms with Crippen molar-refractivity contribution >= 4 is 0 Å². The van der Waals surface area contributed by atoms with E-state index in [1.54, 1.807) is 0 Å². The van der Waals surface area contributed by atoms with Gasteiger partial charge in [0.15, 0.2) is 0 Å². The standard InChI is InChI=1S/C15H24N2O/c1-10-5-6-11(2)15(13(10)4)18-8-7-14-9-12(3)16-17-14/h5-6,12,14,16-17H,7-9H2,1-4H3. The van der Waals surface area contributed by atoms with Crippen molar-refractivity contribution < 1.29 is 4.74 Å². The molecule has 0 aromatic heterocycles. The Morgan fingerprint density at radius 1 is 1.17 bits per heavy atom. The van der Waals surface area contributed by atoms with Crippen LogP contribution in [0.2, 0.25) is 0 Å². The number of hydrogen-bond acceptors (Lipinski definition) is 3. The van der Waals surface area contributed by atoms with Gasteiger partial charge in [0.05, 0.1) is 6.61 Å². The third-order valence-electron chi connectivity index (χ3n) is 3.76. The summed E-state index contributed by atoms with van der Waals surface area (Å²) in [5.41, 5.74) is 10.3. The Morgan fingerprint density at radius 3 is 2.56 bits per heavy atom. The van der Waals surface area contributed by atoms with Crippen LogP contribution in [-0.4, -0.2) is 18.7 Å². The van der Waals surface area contributed by atoms with Gasteiger partial charge in [-0.3, -0.25) is 10.9 Å². The Morgan fingerprint density at radius 2 is 1.89 bits per heavy atom. The Labute approximate surface area is 110 Å². The molecule has 0 saturated carbocycles. The summed E-state index contributed by atoms with van der Waals surface area (Å²) in [6.07, 6.45) is 2.22. The van der Waals surface area contributed by atoms with Gasteiger partial charge in [-0.05, 0) is 57.2 Å². The van der Waals surface area contributed by atoms with E-state index < -0.39 is 0 Å². The molecule has 2 N–H and O–H groups in total. The molecule has 3 heteroatoms. The Balaban J connectivity index is 1.88. The summed E-state index contributed by atoms with van der Waals surface area (Å²) in [7, 11) is 0. The zero-order valence-corrected chi connectivity index (χ0v) is 11.8. The normalized spacial score (nSPS) is 23.3. The number of ether oxygens (including phenoxy) is 1. The summed E-state index contributed by atoms with van der Waals surface area (Å²) in [6, 6.07) is 5.39. The highest BCUT2D eigenvalue weighted by molar-refractivity contribution is 5.44. The number of hydrazine groups is 1. The maximum absolute atomic E-state index is 5.98. The van der Waals surface area contributed by atoms with Crippen LogP contribution in [0, 0.1) is 20.8 Å². The molecule has 0 radical (unpaired) electrons. The first kappa shape index (κ1) is 13.4. The molecular formula is C15H24N2O. The average Bonchev–Trinajstić information content (AvgIpc) is 2.74. The van der Waals surface area contributed by atoms with E-state index in [9.17, 15) is 0 Å². The first-order valence-corrected chi connectivity index (χ1v) is 6.78. The van der Waals surface area contributed by atoms with Gasteiger partial charge < -0.3 is 4.74 Å². The van der Waals surface area contributed by atoms with Crippen LogP contribution in [0.4, 0.5) is 0 Å².